The predicted molar refractivity (Wildman–Crippen MR) is 102 cm³/mol. The van der Waals surface area contributed by atoms with Gasteiger partial charge < -0.3 is 10.0 Å². The van der Waals surface area contributed by atoms with Gasteiger partial charge in [-0.3, -0.25) is 14.5 Å². The van der Waals surface area contributed by atoms with Gasteiger partial charge >= 0.3 is 0 Å². The summed E-state index contributed by atoms with van der Waals surface area (Å²) < 4.78 is 0. The number of Topliss-reactive ketones (excluding diaryl/α,β-unsaturated/α-hetero) is 1. The van der Waals surface area contributed by atoms with E-state index in [4.69, 9.17) is 0 Å². The van der Waals surface area contributed by atoms with Crippen LogP contribution < -0.4 is 9.80 Å². The van der Waals surface area contributed by atoms with Crippen LogP contribution in [-0.4, -0.2) is 30.9 Å². The quantitative estimate of drug-likeness (QED) is 0.894. The maximum Gasteiger partial charge on any atom is 0.294 e. The Bertz CT molecular complexity index is 855. The van der Waals surface area contributed by atoms with E-state index >= 15 is 0 Å². The Morgan fingerprint density at radius 2 is 1.69 bits per heavy atom. The Balaban J connectivity index is 2.13. The van der Waals surface area contributed by atoms with Crippen molar-refractivity contribution in [3.8, 4) is 0 Å². The van der Waals surface area contributed by atoms with Crippen LogP contribution in [0, 0.1) is 0 Å². The molecule has 1 aliphatic heterocycles. The lowest BCUT2D eigenvalue weighted by molar-refractivity contribution is -0.118. The van der Waals surface area contributed by atoms with E-state index < -0.39 is 17.7 Å². The monoisotopic (exact) mass is 350 g/mol. The minimum absolute atomic E-state index is 0.166. The Morgan fingerprint density at radius 3 is 2.23 bits per heavy atom. The molecule has 5 heteroatoms. The SMILES string of the molecule is CCC(=O)C1=C(O)C(=O)N(c2ccccc2)C1c1ccc(N(C)C)cc1. The number of hydrogen-bond donors (Lipinski definition) is 1. The first-order chi connectivity index (χ1) is 12.5. The maximum atomic E-state index is 12.8. The molecule has 1 atom stereocenters. The summed E-state index contributed by atoms with van der Waals surface area (Å²) in [6, 6.07) is 16.1. The Labute approximate surface area is 153 Å². The molecule has 0 fully saturated rings. The van der Waals surface area contributed by atoms with Crippen molar-refractivity contribution in [1.29, 1.82) is 0 Å². The second kappa shape index (κ2) is 7.04. The number of amides is 1. The predicted octanol–water partition coefficient (Wildman–Crippen LogP) is 3.63. The van der Waals surface area contributed by atoms with Crippen molar-refractivity contribution in [2.45, 2.75) is 19.4 Å². The summed E-state index contributed by atoms with van der Waals surface area (Å²) in [5.74, 6) is -1.23. The van der Waals surface area contributed by atoms with Gasteiger partial charge in [0.2, 0.25) is 0 Å². The number of nitrogens with zero attached hydrogens (tertiary/aromatic N) is 2. The van der Waals surface area contributed by atoms with E-state index in [1.807, 2.05) is 61.5 Å². The molecular formula is C21H22N2O3. The third-order valence-electron chi connectivity index (χ3n) is 4.59. The van der Waals surface area contributed by atoms with E-state index in [1.54, 1.807) is 19.1 Å². The van der Waals surface area contributed by atoms with Gasteiger partial charge in [0.25, 0.3) is 5.91 Å². The first-order valence-electron chi connectivity index (χ1n) is 8.58. The van der Waals surface area contributed by atoms with Gasteiger partial charge in [0.05, 0.1) is 11.6 Å². The molecule has 1 unspecified atom stereocenters. The van der Waals surface area contributed by atoms with E-state index in [2.05, 4.69) is 0 Å². The smallest absolute Gasteiger partial charge is 0.294 e. The molecule has 5 nitrogen and oxygen atoms in total. The molecule has 2 aromatic carbocycles. The third kappa shape index (κ3) is 2.96. The maximum absolute atomic E-state index is 12.8. The summed E-state index contributed by atoms with van der Waals surface area (Å²) >= 11 is 0. The molecule has 1 amide bonds. The van der Waals surface area contributed by atoms with Crippen LogP contribution >= 0.6 is 0 Å². The van der Waals surface area contributed by atoms with Gasteiger partial charge in [-0.05, 0) is 29.8 Å². The van der Waals surface area contributed by atoms with E-state index in [1.165, 1.54) is 4.90 Å². The fourth-order valence-electron chi connectivity index (χ4n) is 3.21. The molecule has 0 saturated heterocycles. The van der Waals surface area contributed by atoms with Gasteiger partial charge in [0, 0.05) is 31.9 Å². The summed E-state index contributed by atoms with van der Waals surface area (Å²) in [4.78, 5) is 28.7. The van der Waals surface area contributed by atoms with Crippen molar-refractivity contribution in [3.05, 3.63) is 71.5 Å². The second-order valence-corrected chi connectivity index (χ2v) is 6.44. The van der Waals surface area contributed by atoms with Gasteiger partial charge in [-0.2, -0.15) is 0 Å². The molecule has 2 aromatic rings. The highest BCUT2D eigenvalue weighted by Crippen LogP contribution is 2.41. The molecule has 1 heterocycles. The lowest BCUT2D eigenvalue weighted by Crippen LogP contribution is -2.31. The zero-order valence-corrected chi connectivity index (χ0v) is 15.1. The zero-order chi connectivity index (χ0) is 18.8. The van der Waals surface area contributed by atoms with Gasteiger partial charge in [-0.25, -0.2) is 0 Å². The van der Waals surface area contributed by atoms with Gasteiger partial charge in [-0.1, -0.05) is 37.3 Å². The van der Waals surface area contributed by atoms with E-state index in [0.29, 0.717) is 5.69 Å². The summed E-state index contributed by atoms with van der Waals surface area (Å²) in [5.41, 5.74) is 2.61. The Kier molecular flexibility index (Phi) is 4.80. The van der Waals surface area contributed by atoms with Gasteiger partial charge in [-0.15, -0.1) is 0 Å². The highest BCUT2D eigenvalue weighted by atomic mass is 16.3. The van der Waals surface area contributed by atoms with Gasteiger partial charge in [0.1, 0.15) is 0 Å². The fourth-order valence-corrected chi connectivity index (χ4v) is 3.21. The molecule has 26 heavy (non-hydrogen) atoms. The third-order valence-corrected chi connectivity index (χ3v) is 4.59. The zero-order valence-electron chi connectivity index (χ0n) is 15.1. The number of ketones is 1. The topological polar surface area (TPSA) is 60.9 Å². The van der Waals surface area contributed by atoms with Crippen molar-refractivity contribution in [3.63, 3.8) is 0 Å². The Morgan fingerprint density at radius 1 is 1.08 bits per heavy atom. The van der Waals surface area contributed by atoms with Crippen LogP contribution in [0.4, 0.5) is 11.4 Å². The molecule has 1 aliphatic rings. The average Bonchev–Trinajstić information content (AvgIpc) is 2.93. The summed E-state index contributed by atoms with van der Waals surface area (Å²) in [6.45, 7) is 1.73. The number of carbonyl (C=O) groups excluding carboxylic acids is 2. The van der Waals surface area contributed by atoms with E-state index in [9.17, 15) is 14.7 Å². The summed E-state index contributed by atoms with van der Waals surface area (Å²) in [6.07, 6.45) is 0.224. The number of anilines is 2. The average molecular weight is 350 g/mol. The van der Waals surface area contributed by atoms with Crippen molar-refractivity contribution >= 4 is 23.1 Å². The first kappa shape index (κ1) is 17.7. The number of benzene rings is 2. The van der Waals surface area contributed by atoms with Crippen molar-refractivity contribution < 1.29 is 14.7 Å². The minimum atomic E-state index is -0.631. The molecule has 0 spiro atoms. The molecule has 1 N–H and O–H groups in total. The van der Waals surface area contributed by atoms with Crippen LogP contribution in [-0.2, 0) is 9.59 Å². The van der Waals surface area contributed by atoms with Gasteiger partial charge in [0.15, 0.2) is 11.5 Å². The second-order valence-electron chi connectivity index (χ2n) is 6.44. The summed E-state index contributed by atoms with van der Waals surface area (Å²) in [5, 5.41) is 10.4. The number of aliphatic hydroxyl groups excluding tert-OH is 1. The standard InChI is InChI=1S/C21H22N2O3/c1-4-17(24)18-19(14-10-12-15(13-11-14)22(2)3)23(21(26)20(18)25)16-8-6-5-7-9-16/h5-13,19,25H,4H2,1-3H3. The molecular weight excluding hydrogens is 328 g/mol. The van der Waals surface area contributed by atoms with Crippen LogP contribution in [0.5, 0.6) is 0 Å². The van der Waals surface area contributed by atoms with E-state index in [0.717, 1.165) is 11.3 Å². The summed E-state index contributed by atoms with van der Waals surface area (Å²) in [7, 11) is 3.89. The van der Waals surface area contributed by atoms with Crippen LogP contribution in [0.15, 0.2) is 65.9 Å². The van der Waals surface area contributed by atoms with Crippen molar-refractivity contribution in [1.82, 2.24) is 0 Å². The molecule has 0 radical (unpaired) electrons. The highest BCUT2D eigenvalue weighted by Gasteiger charge is 2.43. The van der Waals surface area contributed by atoms with E-state index in [-0.39, 0.29) is 17.8 Å². The Hall–Kier alpha value is -3.08. The molecule has 0 aliphatic carbocycles. The number of rotatable bonds is 5. The van der Waals surface area contributed by atoms with Crippen LogP contribution in [0.2, 0.25) is 0 Å². The fraction of sp³-hybridized carbons (Fsp3) is 0.238. The van der Waals surface area contributed by atoms with Crippen molar-refractivity contribution in [2.24, 2.45) is 0 Å². The lowest BCUT2D eigenvalue weighted by atomic mass is 9.94. The first-order valence-corrected chi connectivity index (χ1v) is 8.58. The highest BCUT2D eigenvalue weighted by molar-refractivity contribution is 6.16. The number of para-hydroxylation sites is 1. The molecule has 0 aromatic heterocycles. The van der Waals surface area contributed by atoms with Crippen LogP contribution in [0.3, 0.4) is 0 Å². The number of carbonyl (C=O) groups is 2. The van der Waals surface area contributed by atoms with Crippen LogP contribution in [0.25, 0.3) is 0 Å². The van der Waals surface area contributed by atoms with Crippen molar-refractivity contribution in [2.75, 3.05) is 23.9 Å². The molecule has 134 valence electrons. The van der Waals surface area contributed by atoms with Crippen LogP contribution in [0.1, 0.15) is 24.9 Å². The molecule has 3 rings (SSSR count). The number of hydrogen-bond acceptors (Lipinski definition) is 4. The number of aliphatic hydroxyl groups is 1. The normalized spacial score (nSPS) is 17.0. The largest absolute Gasteiger partial charge is 0.503 e. The lowest BCUT2D eigenvalue weighted by Gasteiger charge is -2.27. The molecule has 0 saturated carbocycles. The minimum Gasteiger partial charge on any atom is -0.503 e. The molecule has 0 bridgehead atoms.